The summed E-state index contributed by atoms with van der Waals surface area (Å²) in [6.07, 6.45) is 8.94. The van der Waals surface area contributed by atoms with Crippen molar-refractivity contribution < 1.29 is 0 Å². The van der Waals surface area contributed by atoms with Gasteiger partial charge in [-0.3, -0.25) is 0 Å². The van der Waals surface area contributed by atoms with Gasteiger partial charge in [0.1, 0.15) is 0 Å². The van der Waals surface area contributed by atoms with Gasteiger partial charge in [-0.1, -0.05) is 128 Å². The Bertz CT molecular complexity index is 2240. The van der Waals surface area contributed by atoms with Crippen LogP contribution >= 0.6 is 0 Å². The predicted molar refractivity (Wildman–Crippen MR) is 216 cm³/mol. The normalized spacial score (nSPS) is 30.5. The molecule has 8 atom stereocenters. The molecule has 0 spiro atoms. The molecule has 8 bridgehead atoms. The van der Waals surface area contributed by atoms with Crippen LogP contribution in [0.1, 0.15) is 51.0 Å². The van der Waals surface area contributed by atoms with E-state index in [0.29, 0.717) is 10.8 Å². The highest BCUT2D eigenvalue weighted by Gasteiger charge is 2.74. The van der Waals surface area contributed by atoms with Crippen molar-refractivity contribution in [1.82, 2.24) is 0 Å². The van der Waals surface area contributed by atoms with Gasteiger partial charge in [0, 0.05) is 22.5 Å². The van der Waals surface area contributed by atoms with Gasteiger partial charge in [-0.25, -0.2) is 0 Å². The van der Waals surface area contributed by atoms with Crippen molar-refractivity contribution in [2.24, 2.45) is 40.9 Å². The number of anilines is 3. The van der Waals surface area contributed by atoms with Crippen molar-refractivity contribution >= 4 is 17.1 Å². The van der Waals surface area contributed by atoms with E-state index in [4.69, 9.17) is 0 Å². The summed E-state index contributed by atoms with van der Waals surface area (Å²) in [5.74, 6) is 5.75. The van der Waals surface area contributed by atoms with E-state index in [2.05, 4.69) is 170 Å². The van der Waals surface area contributed by atoms with Crippen LogP contribution in [-0.4, -0.2) is 0 Å². The first-order valence-corrected chi connectivity index (χ1v) is 19.9. The van der Waals surface area contributed by atoms with Gasteiger partial charge in [-0.15, -0.1) is 0 Å². The topological polar surface area (TPSA) is 3.24 Å². The van der Waals surface area contributed by atoms with Gasteiger partial charge in [0.15, 0.2) is 0 Å². The fraction of sp³-hybridized carbons (Fsp3) is 0.294. The van der Waals surface area contributed by atoms with Crippen molar-refractivity contribution in [1.29, 1.82) is 0 Å². The molecule has 13 rings (SSSR count). The van der Waals surface area contributed by atoms with E-state index in [-0.39, 0.29) is 0 Å². The Kier molecular flexibility index (Phi) is 6.83. The molecular weight excluding hydrogens is 627 g/mol. The molecule has 0 aromatic heterocycles. The summed E-state index contributed by atoms with van der Waals surface area (Å²) in [5.41, 5.74) is 13.6. The van der Waals surface area contributed by atoms with E-state index in [1.165, 1.54) is 89.0 Å². The Morgan fingerprint density at radius 1 is 0.423 bits per heavy atom. The lowest BCUT2D eigenvalue weighted by Gasteiger charge is -2.79. The lowest BCUT2D eigenvalue weighted by molar-refractivity contribution is -0.266. The summed E-state index contributed by atoms with van der Waals surface area (Å²) in [6.45, 7) is 2.74. The van der Waals surface area contributed by atoms with Crippen LogP contribution in [-0.2, 0) is 5.41 Å². The first-order valence-electron chi connectivity index (χ1n) is 19.9. The van der Waals surface area contributed by atoms with Crippen molar-refractivity contribution in [2.45, 2.75) is 50.9 Å². The SMILES string of the molecule is CC12CC3CC4C5CC(CC41)CC2(c1ccc(N(c2ccc(-c4ccccc4)cc2)c2ccc(-c4ccccc4-c4ccccc4)cc2)cc1)C5C3. The Morgan fingerprint density at radius 2 is 0.865 bits per heavy atom. The molecule has 0 radical (unpaired) electrons. The van der Waals surface area contributed by atoms with Crippen molar-refractivity contribution in [3.8, 4) is 33.4 Å². The van der Waals surface area contributed by atoms with Gasteiger partial charge in [-0.2, -0.15) is 0 Å². The average Bonchev–Trinajstić information content (AvgIpc) is 3.21. The number of nitrogens with zero attached hydrogens (tertiary/aromatic N) is 1. The van der Waals surface area contributed by atoms with Crippen LogP contribution in [0.3, 0.4) is 0 Å². The van der Waals surface area contributed by atoms with E-state index in [1.54, 1.807) is 5.56 Å². The molecule has 7 aliphatic carbocycles. The number of hydrogen-bond donors (Lipinski definition) is 0. The minimum absolute atomic E-state index is 0.366. The molecule has 7 fully saturated rings. The third-order valence-corrected chi connectivity index (χ3v) is 15.1. The summed E-state index contributed by atoms with van der Waals surface area (Å²) in [5, 5.41) is 0. The predicted octanol–water partition coefficient (Wildman–Crippen LogP) is 13.5. The highest BCUT2D eigenvalue weighted by molar-refractivity contribution is 5.85. The molecule has 7 saturated carbocycles. The molecule has 8 unspecified atom stereocenters. The maximum atomic E-state index is 2.74. The molecule has 0 amide bonds. The molecule has 0 heterocycles. The Balaban J connectivity index is 0.985. The second kappa shape index (κ2) is 11.6. The molecule has 6 aromatic carbocycles. The zero-order chi connectivity index (χ0) is 34.4. The highest BCUT2D eigenvalue weighted by Crippen LogP contribution is 2.80. The first-order chi connectivity index (χ1) is 25.6. The van der Waals surface area contributed by atoms with E-state index in [9.17, 15) is 0 Å². The van der Waals surface area contributed by atoms with Crippen molar-refractivity contribution in [2.75, 3.05) is 4.90 Å². The molecule has 1 heteroatoms. The van der Waals surface area contributed by atoms with Crippen LogP contribution in [0, 0.1) is 40.9 Å². The van der Waals surface area contributed by atoms with Gasteiger partial charge in [0.05, 0.1) is 0 Å². The van der Waals surface area contributed by atoms with Gasteiger partial charge >= 0.3 is 0 Å². The maximum Gasteiger partial charge on any atom is 0.0462 e. The molecule has 0 saturated heterocycles. The minimum atomic E-state index is 0.366. The standard InChI is InChI=1S/C51H47N/c1-50-32-34-28-46-47-29-35(30-48(46)50)33-51(50,49(47)31-34)40-20-26-43(27-21-40)52(41-22-16-37(17-23-41)36-10-4-2-5-11-36)42-24-18-39(19-25-42)45-15-9-8-14-44(45)38-12-6-3-7-13-38/h2-27,34-35,46-49H,28-33H2,1H3. The first kappa shape index (κ1) is 30.7. The molecule has 52 heavy (non-hydrogen) atoms. The number of benzene rings is 6. The summed E-state index contributed by atoms with van der Waals surface area (Å²) >= 11 is 0. The quantitative estimate of drug-likeness (QED) is 0.163. The third-order valence-electron chi connectivity index (χ3n) is 15.1. The molecule has 0 aliphatic heterocycles. The van der Waals surface area contributed by atoms with Crippen LogP contribution in [0.15, 0.2) is 158 Å². The summed E-state index contributed by atoms with van der Waals surface area (Å²) in [7, 11) is 0. The molecule has 1 nitrogen and oxygen atoms in total. The van der Waals surface area contributed by atoms with Gasteiger partial charge in [0.2, 0.25) is 0 Å². The number of rotatable bonds is 7. The second-order valence-corrected chi connectivity index (χ2v) is 17.3. The Morgan fingerprint density at radius 3 is 1.48 bits per heavy atom. The second-order valence-electron chi connectivity index (χ2n) is 17.3. The monoisotopic (exact) mass is 673 g/mol. The van der Waals surface area contributed by atoms with Crippen molar-refractivity contribution in [3.05, 3.63) is 163 Å². The molecule has 7 aliphatic rings. The Hall–Kier alpha value is -4.88. The summed E-state index contributed by atoms with van der Waals surface area (Å²) in [4.78, 5) is 2.46. The largest absolute Gasteiger partial charge is 0.311 e. The highest BCUT2D eigenvalue weighted by atomic mass is 15.1. The number of hydrogen-bond acceptors (Lipinski definition) is 1. The zero-order valence-electron chi connectivity index (χ0n) is 30.2. The van der Waals surface area contributed by atoms with E-state index >= 15 is 0 Å². The zero-order valence-corrected chi connectivity index (χ0v) is 30.2. The van der Waals surface area contributed by atoms with Gasteiger partial charge in [-0.05, 0) is 155 Å². The van der Waals surface area contributed by atoms with Crippen LogP contribution in [0.4, 0.5) is 17.1 Å². The fourth-order valence-electron chi connectivity index (χ4n) is 13.3. The minimum Gasteiger partial charge on any atom is -0.311 e. The lowest BCUT2D eigenvalue weighted by Crippen LogP contribution is -2.74. The van der Waals surface area contributed by atoms with E-state index in [1.807, 2.05) is 0 Å². The van der Waals surface area contributed by atoms with Crippen LogP contribution in [0.25, 0.3) is 33.4 Å². The smallest absolute Gasteiger partial charge is 0.0462 e. The fourth-order valence-corrected chi connectivity index (χ4v) is 13.3. The summed E-state index contributed by atoms with van der Waals surface area (Å²) in [6, 6.07) is 58.7. The summed E-state index contributed by atoms with van der Waals surface area (Å²) < 4.78 is 0. The molecule has 256 valence electrons. The van der Waals surface area contributed by atoms with Gasteiger partial charge < -0.3 is 4.90 Å². The van der Waals surface area contributed by atoms with E-state index < -0.39 is 0 Å². The van der Waals surface area contributed by atoms with Crippen LogP contribution < -0.4 is 4.90 Å². The van der Waals surface area contributed by atoms with Crippen LogP contribution in [0.2, 0.25) is 0 Å². The molecule has 6 aromatic rings. The van der Waals surface area contributed by atoms with Gasteiger partial charge in [0.25, 0.3) is 0 Å². The van der Waals surface area contributed by atoms with E-state index in [0.717, 1.165) is 35.5 Å². The maximum absolute atomic E-state index is 2.74. The molecule has 0 N–H and O–H groups in total. The lowest BCUT2D eigenvalue weighted by atomic mass is 9.25. The molecular formula is C51H47N. The van der Waals surface area contributed by atoms with Crippen molar-refractivity contribution in [3.63, 3.8) is 0 Å². The Labute approximate surface area is 309 Å². The average molecular weight is 674 g/mol. The third kappa shape index (κ3) is 4.41. The van der Waals surface area contributed by atoms with Crippen LogP contribution in [0.5, 0.6) is 0 Å².